The van der Waals surface area contributed by atoms with Gasteiger partial charge >= 0.3 is 0 Å². The minimum atomic E-state index is 0.344. The van der Waals surface area contributed by atoms with E-state index < -0.39 is 0 Å². The highest BCUT2D eigenvalue weighted by molar-refractivity contribution is 6.00. The summed E-state index contributed by atoms with van der Waals surface area (Å²) in [4.78, 5) is 11.4. The van der Waals surface area contributed by atoms with Gasteiger partial charge in [0.2, 0.25) is 0 Å². The first-order valence-electron chi connectivity index (χ1n) is 7.68. The van der Waals surface area contributed by atoms with Crippen LogP contribution in [0.1, 0.15) is 10.4 Å². The van der Waals surface area contributed by atoms with Gasteiger partial charge in [-0.1, -0.05) is 36.4 Å². The number of carbonyl (C=O) groups excluding carboxylic acids is 1. The number of hydrogen-bond acceptors (Lipinski definition) is 4. The Labute approximate surface area is 140 Å². The van der Waals surface area contributed by atoms with Crippen molar-refractivity contribution in [3.8, 4) is 17.2 Å². The molecule has 0 spiro atoms. The van der Waals surface area contributed by atoms with E-state index in [2.05, 4.69) is 0 Å². The molecule has 24 heavy (non-hydrogen) atoms. The fraction of sp³-hybridized carbons (Fsp3) is 0.150. The quantitative estimate of drug-likeness (QED) is 0.485. The molecule has 0 aliphatic rings. The van der Waals surface area contributed by atoms with Crippen molar-refractivity contribution in [1.82, 2.24) is 0 Å². The minimum absolute atomic E-state index is 0.344. The molecule has 3 aromatic carbocycles. The van der Waals surface area contributed by atoms with Gasteiger partial charge < -0.3 is 14.2 Å². The van der Waals surface area contributed by atoms with E-state index in [0.29, 0.717) is 30.3 Å². The van der Waals surface area contributed by atoms with Crippen molar-refractivity contribution in [2.45, 2.75) is 0 Å². The third-order valence-electron chi connectivity index (χ3n) is 3.70. The molecule has 4 nitrogen and oxygen atoms in total. The summed E-state index contributed by atoms with van der Waals surface area (Å²) in [6, 6.07) is 18.9. The molecule has 0 atom stereocenters. The van der Waals surface area contributed by atoms with Gasteiger partial charge in [0.05, 0.1) is 12.7 Å². The fourth-order valence-corrected chi connectivity index (χ4v) is 2.53. The Morgan fingerprint density at radius 2 is 1.67 bits per heavy atom. The molecule has 122 valence electrons. The van der Waals surface area contributed by atoms with E-state index in [4.69, 9.17) is 14.2 Å². The maximum absolute atomic E-state index is 11.4. The van der Waals surface area contributed by atoms with Crippen LogP contribution >= 0.6 is 0 Å². The smallest absolute Gasteiger partial charge is 0.154 e. The number of benzene rings is 3. The first-order valence-corrected chi connectivity index (χ1v) is 7.68. The summed E-state index contributed by atoms with van der Waals surface area (Å²) in [6.45, 7) is 0.717. The Morgan fingerprint density at radius 1 is 0.875 bits per heavy atom. The molecule has 0 bridgehead atoms. The van der Waals surface area contributed by atoms with Crippen LogP contribution in [0.5, 0.6) is 17.2 Å². The van der Waals surface area contributed by atoms with Crippen LogP contribution in [0.3, 0.4) is 0 Å². The Kier molecular flexibility index (Phi) is 4.96. The Hall–Kier alpha value is -3.01. The number of methoxy groups -OCH3 is 1. The van der Waals surface area contributed by atoms with Gasteiger partial charge in [0.15, 0.2) is 6.29 Å². The second-order valence-electron chi connectivity index (χ2n) is 5.19. The highest BCUT2D eigenvalue weighted by atomic mass is 16.5. The van der Waals surface area contributed by atoms with Crippen LogP contribution in [0.4, 0.5) is 0 Å². The second-order valence-corrected chi connectivity index (χ2v) is 5.19. The average Bonchev–Trinajstić information content (AvgIpc) is 2.65. The lowest BCUT2D eigenvalue weighted by atomic mass is 10.0. The van der Waals surface area contributed by atoms with Crippen LogP contribution in [0.15, 0.2) is 60.7 Å². The molecule has 4 heteroatoms. The molecular formula is C20H18O4. The molecule has 0 amide bonds. The standard InChI is InChI=1S/C20H18O4/c1-22-16-6-4-7-17(13-16)23-11-12-24-20-10-9-15-5-2-3-8-18(15)19(20)14-21/h2-10,13-14H,11-12H2,1H3. The van der Waals surface area contributed by atoms with Gasteiger partial charge in [-0.2, -0.15) is 0 Å². The Morgan fingerprint density at radius 3 is 2.50 bits per heavy atom. The lowest BCUT2D eigenvalue weighted by Crippen LogP contribution is -2.10. The summed E-state index contributed by atoms with van der Waals surface area (Å²) >= 11 is 0. The van der Waals surface area contributed by atoms with E-state index in [1.54, 1.807) is 7.11 Å². The summed E-state index contributed by atoms with van der Waals surface area (Å²) in [6.07, 6.45) is 0.834. The van der Waals surface area contributed by atoms with Crippen molar-refractivity contribution in [3.63, 3.8) is 0 Å². The van der Waals surface area contributed by atoms with Crippen molar-refractivity contribution in [3.05, 3.63) is 66.2 Å². The van der Waals surface area contributed by atoms with Gasteiger partial charge in [-0.15, -0.1) is 0 Å². The molecule has 0 aromatic heterocycles. The first kappa shape index (κ1) is 15.9. The minimum Gasteiger partial charge on any atom is -0.497 e. The topological polar surface area (TPSA) is 44.8 Å². The van der Waals surface area contributed by atoms with Crippen LogP contribution in [0.25, 0.3) is 10.8 Å². The molecule has 3 rings (SSSR count). The summed E-state index contributed by atoms with van der Waals surface area (Å²) in [5, 5.41) is 1.90. The zero-order valence-corrected chi connectivity index (χ0v) is 13.4. The SMILES string of the molecule is COc1cccc(OCCOc2ccc3ccccc3c2C=O)c1. The third-order valence-corrected chi connectivity index (χ3v) is 3.70. The molecule has 0 unspecified atom stereocenters. The molecule has 0 radical (unpaired) electrons. The van der Waals surface area contributed by atoms with E-state index in [1.807, 2.05) is 60.7 Å². The van der Waals surface area contributed by atoms with E-state index in [9.17, 15) is 4.79 Å². The summed E-state index contributed by atoms with van der Waals surface area (Å²) in [7, 11) is 1.61. The van der Waals surface area contributed by atoms with E-state index >= 15 is 0 Å². The molecule has 0 aliphatic heterocycles. The van der Waals surface area contributed by atoms with Crippen LogP contribution in [0, 0.1) is 0 Å². The van der Waals surface area contributed by atoms with Crippen LogP contribution in [-0.2, 0) is 0 Å². The number of carbonyl (C=O) groups is 1. The summed E-state index contributed by atoms with van der Waals surface area (Å²) in [5.74, 6) is 2.02. The van der Waals surface area contributed by atoms with Crippen molar-refractivity contribution < 1.29 is 19.0 Å². The molecule has 0 saturated carbocycles. The third kappa shape index (κ3) is 3.49. The summed E-state index contributed by atoms with van der Waals surface area (Å²) in [5.41, 5.74) is 0.564. The fourth-order valence-electron chi connectivity index (χ4n) is 2.53. The van der Waals surface area contributed by atoms with Crippen molar-refractivity contribution >= 4 is 17.1 Å². The van der Waals surface area contributed by atoms with Gasteiger partial charge in [-0.05, 0) is 29.0 Å². The molecule has 0 fully saturated rings. The van der Waals surface area contributed by atoms with Gasteiger partial charge in [0.25, 0.3) is 0 Å². The largest absolute Gasteiger partial charge is 0.497 e. The lowest BCUT2D eigenvalue weighted by molar-refractivity contribution is 0.111. The number of rotatable bonds is 7. The zero-order valence-electron chi connectivity index (χ0n) is 13.4. The van der Waals surface area contributed by atoms with Crippen molar-refractivity contribution in [1.29, 1.82) is 0 Å². The van der Waals surface area contributed by atoms with Gasteiger partial charge in [0.1, 0.15) is 30.5 Å². The average molecular weight is 322 g/mol. The maximum Gasteiger partial charge on any atom is 0.154 e. The molecule has 0 saturated heterocycles. The van der Waals surface area contributed by atoms with Crippen molar-refractivity contribution in [2.24, 2.45) is 0 Å². The highest BCUT2D eigenvalue weighted by Gasteiger charge is 2.08. The van der Waals surface area contributed by atoms with Gasteiger partial charge in [0, 0.05) is 6.07 Å². The molecule has 0 heterocycles. The first-order chi connectivity index (χ1) is 11.8. The van der Waals surface area contributed by atoms with Gasteiger partial charge in [-0.3, -0.25) is 4.79 Å². The van der Waals surface area contributed by atoms with E-state index in [0.717, 1.165) is 22.8 Å². The van der Waals surface area contributed by atoms with Crippen LogP contribution < -0.4 is 14.2 Å². The van der Waals surface area contributed by atoms with Gasteiger partial charge in [-0.25, -0.2) is 0 Å². The second kappa shape index (κ2) is 7.51. The molecule has 3 aromatic rings. The molecular weight excluding hydrogens is 304 g/mol. The van der Waals surface area contributed by atoms with Crippen molar-refractivity contribution in [2.75, 3.05) is 20.3 Å². The number of ether oxygens (including phenoxy) is 3. The van der Waals surface area contributed by atoms with E-state index in [-0.39, 0.29) is 0 Å². The monoisotopic (exact) mass is 322 g/mol. The predicted octanol–water partition coefficient (Wildman–Crippen LogP) is 4.12. The zero-order chi connectivity index (χ0) is 16.8. The number of hydrogen-bond donors (Lipinski definition) is 0. The number of fused-ring (bicyclic) bond motifs is 1. The molecule has 0 N–H and O–H groups in total. The van der Waals surface area contributed by atoms with Crippen LogP contribution in [0.2, 0.25) is 0 Å². The summed E-state index contributed by atoms with van der Waals surface area (Å²) < 4.78 is 16.5. The van der Waals surface area contributed by atoms with Crippen LogP contribution in [-0.4, -0.2) is 26.6 Å². The molecule has 0 aliphatic carbocycles. The number of aldehydes is 1. The Bertz CT molecular complexity index is 842. The normalized spacial score (nSPS) is 10.4. The lowest BCUT2D eigenvalue weighted by Gasteiger charge is -2.12. The van der Waals surface area contributed by atoms with E-state index in [1.165, 1.54) is 0 Å². The predicted molar refractivity (Wildman–Crippen MR) is 93.3 cm³/mol. The Balaban J connectivity index is 1.64. The highest BCUT2D eigenvalue weighted by Crippen LogP contribution is 2.26. The maximum atomic E-state index is 11.4.